The molecule has 0 unspecified atom stereocenters. The lowest BCUT2D eigenvalue weighted by Gasteiger charge is -2.32. The third-order valence-corrected chi connectivity index (χ3v) is 2.82. The SMILES string of the molecule is CCN1CCN(C(=O)N[C@H]([C]=O)[C@@H](C)O)C(=O)C1=O. The van der Waals surface area contributed by atoms with Crippen LogP contribution in [0.4, 0.5) is 4.79 Å². The summed E-state index contributed by atoms with van der Waals surface area (Å²) < 4.78 is 0. The largest absolute Gasteiger partial charge is 0.391 e. The maximum Gasteiger partial charge on any atom is 0.325 e. The monoisotopic (exact) mass is 270 g/mol. The molecule has 1 fully saturated rings. The van der Waals surface area contributed by atoms with Crippen molar-refractivity contribution in [3.05, 3.63) is 0 Å². The lowest BCUT2D eigenvalue weighted by Crippen LogP contribution is -2.60. The van der Waals surface area contributed by atoms with Crippen molar-refractivity contribution >= 4 is 24.1 Å². The molecule has 0 aromatic rings. The summed E-state index contributed by atoms with van der Waals surface area (Å²) in [5.41, 5.74) is 0. The average Bonchev–Trinajstić information content (AvgIpc) is 2.38. The van der Waals surface area contributed by atoms with Crippen molar-refractivity contribution in [3.8, 4) is 0 Å². The van der Waals surface area contributed by atoms with Crippen LogP contribution in [0.5, 0.6) is 0 Å². The van der Waals surface area contributed by atoms with Gasteiger partial charge in [0.2, 0.25) is 6.29 Å². The first-order valence-corrected chi connectivity index (χ1v) is 5.89. The van der Waals surface area contributed by atoms with E-state index in [4.69, 9.17) is 0 Å². The Labute approximate surface area is 110 Å². The van der Waals surface area contributed by atoms with E-state index in [2.05, 4.69) is 5.32 Å². The van der Waals surface area contributed by atoms with E-state index in [0.29, 0.717) is 6.54 Å². The van der Waals surface area contributed by atoms with Crippen LogP contribution in [0.25, 0.3) is 0 Å². The van der Waals surface area contributed by atoms with Gasteiger partial charge in [0.25, 0.3) is 0 Å². The Balaban J connectivity index is 2.71. The molecule has 8 nitrogen and oxygen atoms in total. The molecule has 105 valence electrons. The molecule has 4 amide bonds. The predicted molar refractivity (Wildman–Crippen MR) is 63.7 cm³/mol. The number of likely N-dealkylation sites (N-methyl/N-ethyl adjacent to an activating group) is 1. The molecule has 19 heavy (non-hydrogen) atoms. The lowest BCUT2D eigenvalue weighted by molar-refractivity contribution is -0.153. The third kappa shape index (κ3) is 3.28. The molecular formula is C11H16N3O5. The van der Waals surface area contributed by atoms with Crippen molar-refractivity contribution in [2.24, 2.45) is 0 Å². The number of carbonyl (C=O) groups excluding carboxylic acids is 4. The maximum atomic E-state index is 11.8. The number of nitrogens with zero attached hydrogens (tertiary/aromatic N) is 2. The molecule has 1 aliphatic heterocycles. The number of aliphatic hydroxyl groups is 1. The van der Waals surface area contributed by atoms with Gasteiger partial charge in [-0.15, -0.1) is 0 Å². The summed E-state index contributed by atoms with van der Waals surface area (Å²) in [4.78, 5) is 47.6. The first-order chi connectivity index (χ1) is 8.92. The van der Waals surface area contributed by atoms with E-state index in [0.717, 1.165) is 4.90 Å². The molecule has 1 rings (SSSR count). The topological polar surface area (TPSA) is 107 Å². The number of rotatable bonds is 4. The Kier molecular flexibility index (Phi) is 4.99. The second kappa shape index (κ2) is 6.28. The van der Waals surface area contributed by atoms with E-state index in [9.17, 15) is 24.3 Å². The molecular weight excluding hydrogens is 254 g/mol. The normalized spacial score (nSPS) is 19.1. The van der Waals surface area contributed by atoms with Crippen molar-refractivity contribution < 1.29 is 24.3 Å². The number of carbonyl (C=O) groups is 3. The Morgan fingerprint density at radius 2 is 2.05 bits per heavy atom. The molecule has 1 saturated heterocycles. The molecule has 0 spiro atoms. The van der Waals surface area contributed by atoms with Crippen LogP contribution in [-0.2, 0) is 14.4 Å². The minimum atomic E-state index is -1.24. The quantitative estimate of drug-likeness (QED) is 0.589. The average molecular weight is 270 g/mol. The Morgan fingerprint density at radius 1 is 1.42 bits per heavy atom. The number of piperazine rings is 1. The van der Waals surface area contributed by atoms with Gasteiger partial charge in [-0.3, -0.25) is 19.3 Å². The molecule has 1 radical (unpaired) electrons. The van der Waals surface area contributed by atoms with Crippen molar-refractivity contribution in [1.29, 1.82) is 0 Å². The number of amides is 4. The van der Waals surface area contributed by atoms with Crippen LogP contribution in [-0.4, -0.2) is 70.8 Å². The van der Waals surface area contributed by atoms with Crippen molar-refractivity contribution in [1.82, 2.24) is 15.1 Å². The fourth-order valence-electron chi connectivity index (χ4n) is 1.63. The van der Waals surface area contributed by atoms with Gasteiger partial charge in [0.05, 0.1) is 6.10 Å². The zero-order chi connectivity index (χ0) is 14.6. The van der Waals surface area contributed by atoms with Gasteiger partial charge in [0.15, 0.2) is 0 Å². The van der Waals surface area contributed by atoms with Gasteiger partial charge in [-0.2, -0.15) is 0 Å². The fourth-order valence-corrected chi connectivity index (χ4v) is 1.63. The zero-order valence-corrected chi connectivity index (χ0v) is 10.8. The second-order valence-corrected chi connectivity index (χ2v) is 4.13. The van der Waals surface area contributed by atoms with Gasteiger partial charge in [-0.1, -0.05) is 0 Å². The molecule has 1 aliphatic rings. The summed E-state index contributed by atoms with van der Waals surface area (Å²) in [5.74, 6) is -1.70. The highest BCUT2D eigenvalue weighted by atomic mass is 16.3. The minimum absolute atomic E-state index is 0.0512. The Morgan fingerprint density at radius 3 is 2.53 bits per heavy atom. The molecule has 0 saturated carbocycles. The fraction of sp³-hybridized carbons (Fsp3) is 0.636. The van der Waals surface area contributed by atoms with Crippen LogP contribution < -0.4 is 5.32 Å². The van der Waals surface area contributed by atoms with E-state index in [-0.39, 0.29) is 13.1 Å². The third-order valence-electron chi connectivity index (χ3n) is 2.82. The highest BCUT2D eigenvalue weighted by Gasteiger charge is 2.36. The minimum Gasteiger partial charge on any atom is -0.391 e. The number of imide groups is 1. The number of aliphatic hydroxyl groups excluding tert-OH is 1. The zero-order valence-electron chi connectivity index (χ0n) is 10.8. The van der Waals surface area contributed by atoms with E-state index in [1.807, 2.05) is 0 Å². The summed E-state index contributed by atoms with van der Waals surface area (Å²) in [6, 6.07) is -2.12. The summed E-state index contributed by atoms with van der Waals surface area (Å²) in [7, 11) is 0. The van der Waals surface area contributed by atoms with Gasteiger partial charge in [-0.05, 0) is 13.8 Å². The lowest BCUT2D eigenvalue weighted by atomic mass is 10.2. The van der Waals surface area contributed by atoms with E-state index < -0.39 is 30.0 Å². The number of nitrogens with one attached hydrogen (secondary N) is 1. The molecule has 1 heterocycles. The van der Waals surface area contributed by atoms with Crippen molar-refractivity contribution in [3.63, 3.8) is 0 Å². The number of hydrogen-bond donors (Lipinski definition) is 2. The summed E-state index contributed by atoms with van der Waals surface area (Å²) >= 11 is 0. The van der Waals surface area contributed by atoms with Crippen molar-refractivity contribution in [2.45, 2.75) is 26.0 Å². The van der Waals surface area contributed by atoms with Crippen LogP contribution in [0.3, 0.4) is 0 Å². The molecule has 8 heteroatoms. The van der Waals surface area contributed by atoms with Crippen molar-refractivity contribution in [2.75, 3.05) is 19.6 Å². The van der Waals surface area contributed by atoms with E-state index >= 15 is 0 Å². The second-order valence-electron chi connectivity index (χ2n) is 4.13. The van der Waals surface area contributed by atoms with Gasteiger partial charge in [0.1, 0.15) is 6.04 Å². The van der Waals surface area contributed by atoms with Crippen LogP contribution >= 0.6 is 0 Å². The van der Waals surface area contributed by atoms with Gasteiger partial charge in [0, 0.05) is 19.6 Å². The number of hydrogen-bond acceptors (Lipinski definition) is 5. The molecule has 2 N–H and O–H groups in total. The Bertz CT molecular complexity index is 396. The van der Waals surface area contributed by atoms with Crippen LogP contribution in [0.1, 0.15) is 13.8 Å². The standard InChI is InChI=1S/C11H16N3O5/c1-3-13-4-5-14(10(18)9(13)17)11(19)12-8(6-15)7(2)16/h7-8,16H,3-5H2,1-2H3,(H,12,19)/t7-,8-/m1/s1. The highest BCUT2D eigenvalue weighted by Crippen LogP contribution is 2.05. The molecule has 0 aromatic carbocycles. The van der Waals surface area contributed by atoms with E-state index in [1.54, 1.807) is 6.92 Å². The summed E-state index contributed by atoms with van der Waals surface area (Å²) in [5, 5.41) is 11.3. The molecule has 0 aromatic heterocycles. The summed E-state index contributed by atoms with van der Waals surface area (Å²) in [6.07, 6.45) is 0.317. The first-order valence-electron chi connectivity index (χ1n) is 5.89. The molecule has 2 atom stereocenters. The smallest absolute Gasteiger partial charge is 0.325 e. The van der Waals surface area contributed by atoms with E-state index in [1.165, 1.54) is 18.1 Å². The predicted octanol–water partition coefficient (Wildman–Crippen LogP) is -1.75. The first kappa shape index (κ1) is 15.1. The van der Waals surface area contributed by atoms with Gasteiger partial charge in [-0.25, -0.2) is 4.79 Å². The molecule has 0 aliphatic carbocycles. The Hall–Kier alpha value is -1.96. The van der Waals surface area contributed by atoms with Gasteiger partial charge < -0.3 is 15.3 Å². The van der Waals surface area contributed by atoms with Crippen LogP contribution in [0.15, 0.2) is 0 Å². The highest BCUT2D eigenvalue weighted by molar-refractivity contribution is 6.38. The molecule has 0 bridgehead atoms. The maximum absolute atomic E-state index is 11.8. The number of urea groups is 1. The summed E-state index contributed by atoms with van der Waals surface area (Å²) in [6.45, 7) is 3.72. The van der Waals surface area contributed by atoms with Crippen LogP contribution in [0, 0.1) is 0 Å². The van der Waals surface area contributed by atoms with Gasteiger partial charge >= 0.3 is 17.8 Å². The van der Waals surface area contributed by atoms with Crippen LogP contribution in [0.2, 0.25) is 0 Å².